The molecular weight excluding hydrogens is 160 g/mol. The van der Waals surface area contributed by atoms with Crippen LogP contribution in [0.1, 0.15) is 47.0 Å². The molecular formula is C12H20O. The summed E-state index contributed by atoms with van der Waals surface area (Å²) in [6.07, 6.45) is 5.08. The molecule has 0 heterocycles. The Kier molecular flexibility index (Phi) is 2.94. The number of carbonyl (C=O) groups is 1. The first-order chi connectivity index (χ1) is 6.03. The minimum atomic E-state index is 0.202. The maximum absolute atomic E-state index is 11.7. The maximum Gasteiger partial charge on any atom is 0.158 e. The topological polar surface area (TPSA) is 17.1 Å². The van der Waals surface area contributed by atoms with Gasteiger partial charge in [-0.1, -0.05) is 33.3 Å². The first-order valence-electron chi connectivity index (χ1n) is 5.26. The van der Waals surface area contributed by atoms with Crippen LogP contribution in [0.5, 0.6) is 0 Å². The number of allylic oxidation sites excluding steroid dienone is 2. The van der Waals surface area contributed by atoms with E-state index in [4.69, 9.17) is 0 Å². The van der Waals surface area contributed by atoms with Gasteiger partial charge in [-0.25, -0.2) is 0 Å². The largest absolute Gasteiger partial charge is 0.295 e. The van der Waals surface area contributed by atoms with E-state index in [1.807, 2.05) is 6.08 Å². The van der Waals surface area contributed by atoms with Gasteiger partial charge >= 0.3 is 0 Å². The lowest BCUT2D eigenvalue weighted by Crippen LogP contribution is -2.34. The van der Waals surface area contributed by atoms with Gasteiger partial charge in [-0.2, -0.15) is 0 Å². The molecule has 0 saturated heterocycles. The van der Waals surface area contributed by atoms with E-state index in [0.29, 0.717) is 5.78 Å². The van der Waals surface area contributed by atoms with Crippen LogP contribution in [0.15, 0.2) is 11.6 Å². The third kappa shape index (κ3) is 1.84. The fourth-order valence-corrected chi connectivity index (χ4v) is 2.05. The lowest BCUT2D eigenvalue weighted by molar-refractivity contribution is -0.122. The predicted molar refractivity (Wildman–Crippen MR) is 55.6 cm³/mol. The number of rotatable bonds is 2. The molecule has 0 saturated carbocycles. The van der Waals surface area contributed by atoms with E-state index >= 15 is 0 Å². The van der Waals surface area contributed by atoms with Gasteiger partial charge in [0.25, 0.3) is 0 Å². The van der Waals surface area contributed by atoms with Gasteiger partial charge in [0.15, 0.2) is 5.78 Å². The molecule has 0 fully saturated rings. The Bertz CT molecular complexity index is 240. The normalized spacial score (nSPS) is 34.6. The third-order valence-electron chi connectivity index (χ3n) is 3.71. The van der Waals surface area contributed by atoms with E-state index in [2.05, 4.69) is 27.7 Å². The molecule has 1 nitrogen and oxygen atoms in total. The quantitative estimate of drug-likeness (QED) is 0.637. The van der Waals surface area contributed by atoms with Crippen LogP contribution in [0, 0.1) is 11.3 Å². The molecule has 13 heavy (non-hydrogen) atoms. The second-order valence-electron chi connectivity index (χ2n) is 4.46. The summed E-state index contributed by atoms with van der Waals surface area (Å²) in [5.41, 5.74) is 1.53. The van der Waals surface area contributed by atoms with Crippen molar-refractivity contribution in [2.45, 2.75) is 47.0 Å². The lowest BCUT2D eigenvalue weighted by Gasteiger charge is -2.37. The van der Waals surface area contributed by atoms with E-state index in [-0.39, 0.29) is 11.3 Å². The van der Waals surface area contributed by atoms with Gasteiger partial charge in [0.1, 0.15) is 0 Å². The summed E-state index contributed by atoms with van der Waals surface area (Å²) in [6.45, 7) is 8.61. The summed E-state index contributed by atoms with van der Waals surface area (Å²) >= 11 is 0. The van der Waals surface area contributed by atoms with E-state index in [9.17, 15) is 4.79 Å². The highest BCUT2D eigenvalue weighted by Crippen LogP contribution is 2.42. The van der Waals surface area contributed by atoms with E-state index < -0.39 is 0 Å². The zero-order valence-corrected chi connectivity index (χ0v) is 9.18. The first-order valence-corrected chi connectivity index (χ1v) is 5.26. The number of hydrogen-bond acceptors (Lipinski definition) is 1. The zero-order chi connectivity index (χ0) is 10.1. The number of ketones is 1. The molecule has 0 spiro atoms. The fraction of sp³-hybridized carbons (Fsp3) is 0.750. The third-order valence-corrected chi connectivity index (χ3v) is 3.71. The average molecular weight is 180 g/mol. The summed E-state index contributed by atoms with van der Waals surface area (Å²) in [7, 11) is 0. The van der Waals surface area contributed by atoms with Crippen molar-refractivity contribution >= 4 is 5.78 Å². The van der Waals surface area contributed by atoms with Crippen molar-refractivity contribution < 1.29 is 4.79 Å². The van der Waals surface area contributed by atoms with Gasteiger partial charge < -0.3 is 0 Å². The Morgan fingerprint density at radius 3 is 2.62 bits per heavy atom. The van der Waals surface area contributed by atoms with E-state index in [1.165, 1.54) is 5.57 Å². The van der Waals surface area contributed by atoms with E-state index in [0.717, 1.165) is 19.3 Å². The van der Waals surface area contributed by atoms with Gasteiger partial charge in [-0.3, -0.25) is 4.79 Å². The van der Waals surface area contributed by atoms with Crippen LogP contribution in [-0.4, -0.2) is 5.78 Å². The van der Waals surface area contributed by atoms with Gasteiger partial charge in [0.2, 0.25) is 0 Å². The minimum Gasteiger partial charge on any atom is -0.295 e. The predicted octanol–water partition coefficient (Wildman–Crippen LogP) is 3.35. The van der Waals surface area contributed by atoms with Crippen molar-refractivity contribution in [3.05, 3.63) is 11.6 Å². The van der Waals surface area contributed by atoms with Crippen LogP contribution < -0.4 is 0 Å². The number of hydrogen-bond donors (Lipinski definition) is 0. The summed E-state index contributed by atoms with van der Waals surface area (Å²) < 4.78 is 0. The molecule has 0 radical (unpaired) electrons. The molecule has 0 bridgehead atoms. The molecule has 0 N–H and O–H groups in total. The molecule has 2 atom stereocenters. The fourth-order valence-electron chi connectivity index (χ4n) is 2.05. The Hall–Kier alpha value is -0.590. The van der Waals surface area contributed by atoms with Crippen molar-refractivity contribution in [2.24, 2.45) is 11.3 Å². The standard InChI is InChI=1S/C12H20O/c1-5-10-7-11(13)9(3)12(4,6-2)8-10/h7,9H,5-6,8H2,1-4H3/t9-,12+/m0/s1. The molecule has 1 aliphatic rings. The molecule has 0 aromatic heterocycles. The summed E-state index contributed by atoms with van der Waals surface area (Å²) in [5, 5.41) is 0. The van der Waals surface area contributed by atoms with Crippen molar-refractivity contribution in [3.63, 3.8) is 0 Å². The second-order valence-corrected chi connectivity index (χ2v) is 4.46. The Labute approximate surface area is 81.2 Å². The second kappa shape index (κ2) is 3.65. The highest BCUT2D eigenvalue weighted by molar-refractivity contribution is 5.93. The van der Waals surface area contributed by atoms with Crippen molar-refractivity contribution in [1.29, 1.82) is 0 Å². The molecule has 74 valence electrons. The maximum atomic E-state index is 11.7. The lowest BCUT2D eigenvalue weighted by atomic mass is 9.66. The summed E-state index contributed by atoms with van der Waals surface area (Å²) in [5.74, 6) is 0.528. The van der Waals surface area contributed by atoms with Gasteiger partial charge in [0, 0.05) is 5.92 Å². The monoisotopic (exact) mass is 180 g/mol. The van der Waals surface area contributed by atoms with Crippen LogP contribution in [-0.2, 0) is 4.79 Å². The van der Waals surface area contributed by atoms with Crippen LogP contribution in [0.3, 0.4) is 0 Å². The number of carbonyl (C=O) groups excluding carboxylic acids is 1. The highest BCUT2D eigenvalue weighted by atomic mass is 16.1. The minimum absolute atomic E-state index is 0.202. The Morgan fingerprint density at radius 1 is 1.54 bits per heavy atom. The summed E-state index contributed by atoms with van der Waals surface area (Å²) in [4.78, 5) is 11.7. The molecule has 0 aromatic carbocycles. The molecule has 1 aliphatic carbocycles. The average Bonchev–Trinajstić information content (AvgIpc) is 2.13. The SMILES string of the molecule is CCC1=CC(=O)[C@H](C)[C@](C)(CC)C1. The Balaban J connectivity index is 2.94. The molecule has 0 aliphatic heterocycles. The molecule has 1 rings (SSSR count). The van der Waals surface area contributed by atoms with Gasteiger partial charge in [0.05, 0.1) is 0 Å². The van der Waals surface area contributed by atoms with E-state index in [1.54, 1.807) is 0 Å². The smallest absolute Gasteiger partial charge is 0.158 e. The zero-order valence-electron chi connectivity index (χ0n) is 9.18. The van der Waals surface area contributed by atoms with Crippen molar-refractivity contribution in [2.75, 3.05) is 0 Å². The van der Waals surface area contributed by atoms with Crippen molar-refractivity contribution in [1.82, 2.24) is 0 Å². The van der Waals surface area contributed by atoms with Gasteiger partial charge in [-0.15, -0.1) is 0 Å². The molecule has 1 heteroatoms. The van der Waals surface area contributed by atoms with Crippen LogP contribution >= 0.6 is 0 Å². The van der Waals surface area contributed by atoms with Crippen LogP contribution in [0.2, 0.25) is 0 Å². The Morgan fingerprint density at radius 2 is 2.15 bits per heavy atom. The van der Waals surface area contributed by atoms with Crippen LogP contribution in [0.25, 0.3) is 0 Å². The highest BCUT2D eigenvalue weighted by Gasteiger charge is 2.36. The molecule has 0 amide bonds. The van der Waals surface area contributed by atoms with Gasteiger partial charge in [-0.05, 0) is 30.8 Å². The first kappa shape index (κ1) is 10.5. The summed E-state index contributed by atoms with van der Waals surface area (Å²) in [6, 6.07) is 0. The molecule has 0 unspecified atom stereocenters. The van der Waals surface area contributed by atoms with Crippen LogP contribution in [0.4, 0.5) is 0 Å². The molecule has 0 aromatic rings. The van der Waals surface area contributed by atoms with Crippen molar-refractivity contribution in [3.8, 4) is 0 Å².